The predicted octanol–water partition coefficient (Wildman–Crippen LogP) is 3.37. The summed E-state index contributed by atoms with van der Waals surface area (Å²) in [6, 6.07) is 5.86. The molecule has 1 saturated heterocycles. The fraction of sp³-hybridized carbons (Fsp3) is 0.529. The first-order valence-corrected chi connectivity index (χ1v) is 8.54. The number of hydrogen-bond donors (Lipinski definition) is 0. The minimum atomic E-state index is -0.227. The summed E-state index contributed by atoms with van der Waals surface area (Å²) in [6.07, 6.45) is 2.36. The highest BCUT2D eigenvalue weighted by Crippen LogP contribution is 2.29. The van der Waals surface area contributed by atoms with Crippen LogP contribution in [0.5, 0.6) is 0 Å². The van der Waals surface area contributed by atoms with Crippen LogP contribution in [0.2, 0.25) is 0 Å². The van der Waals surface area contributed by atoms with Gasteiger partial charge < -0.3 is 9.80 Å². The fourth-order valence-electron chi connectivity index (χ4n) is 2.69. The van der Waals surface area contributed by atoms with Crippen LogP contribution in [0, 0.1) is 12.8 Å². The average Bonchev–Trinajstić information content (AvgIpc) is 2.88. The monoisotopic (exact) mass is 366 g/mol. The zero-order valence-electron chi connectivity index (χ0n) is 13.4. The van der Waals surface area contributed by atoms with Gasteiger partial charge in [-0.15, -0.1) is 0 Å². The Balaban J connectivity index is 2.07. The molecule has 0 bridgehead atoms. The summed E-state index contributed by atoms with van der Waals surface area (Å²) in [7, 11) is 1.83. The van der Waals surface area contributed by atoms with Crippen molar-refractivity contribution in [3.63, 3.8) is 0 Å². The number of nitrogens with zero attached hydrogens (tertiary/aromatic N) is 2. The Morgan fingerprint density at radius 1 is 1.45 bits per heavy atom. The van der Waals surface area contributed by atoms with Gasteiger partial charge in [0.15, 0.2) is 0 Å². The summed E-state index contributed by atoms with van der Waals surface area (Å²) in [6.45, 7) is 5.35. The molecule has 0 aromatic heterocycles. The third-order valence-electron chi connectivity index (χ3n) is 4.16. The van der Waals surface area contributed by atoms with E-state index in [1.54, 1.807) is 9.80 Å². The van der Waals surface area contributed by atoms with Gasteiger partial charge in [0.05, 0.1) is 5.92 Å². The number of amides is 2. The number of hydrogen-bond acceptors (Lipinski definition) is 2. The third-order valence-corrected chi connectivity index (χ3v) is 5.02. The van der Waals surface area contributed by atoms with Crippen molar-refractivity contribution in [2.24, 2.45) is 5.92 Å². The average molecular weight is 367 g/mol. The Hall–Kier alpha value is -1.36. The number of carbonyl (C=O) groups excluding carboxylic acids is 2. The molecule has 4 nitrogen and oxygen atoms in total. The smallest absolute Gasteiger partial charge is 0.227 e. The molecule has 0 radical (unpaired) electrons. The second kappa shape index (κ2) is 7.27. The Labute approximate surface area is 140 Å². The van der Waals surface area contributed by atoms with Crippen molar-refractivity contribution < 1.29 is 9.59 Å². The van der Waals surface area contributed by atoms with Crippen LogP contribution in [-0.2, 0) is 9.59 Å². The van der Waals surface area contributed by atoms with Crippen molar-refractivity contribution >= 4 is 33.4 Å². The van der Waals surface area contributed by atoms with Crippen molar-refractivity contribution in [1.82, 2.24) is 4.90 Å². The summed E-state index contributed by atoms with van der Waals surface area (Å²) < 4.78 is 0.979. The number of anilines is 1. The van der Waals surface area contributed by atoms with E-state index in [1.807, 2.05) is 32.2 Å². The highest BCUT2D eigenvalue weighted by Gasteiger charge is 2.36. The maximum atomic E-state index is 12.4. The zero-order chi connectivity index (χ0) is 16.3. The number of carbonyl (C=O) groups is 2. The van der Waals surface area contributed by atoms with Gasteiger partial charge in [-0.3, -0.25) is 9.59 Å². The minimum Gasteiger partial charge on any atom is -0.345 e. The molecule has 0 N–H and O–H groups in total. The van der Waals surface area contributed by atoms with Gasteiger partial charge in [0.1, 0.15) is 0 Å². The summed E-state index contributed by atoms with van der Waals surface area (Å²) in [5, 5.41) is 0. The third kappa shape index (κ3) is 3.69. The second-order valence-electron chi connectivity index (χ2n) is 5.95. The maximum absolute atomic E-state index is 12.4. The van der Waals surface area contributed by atoms with Crippen LogP contribution in [0.25, 0.3) is 0 Å². The number of benzene rings is 1. The van der Waals surface area contributed by atoms with Crippen molar-refractivity contribution in [2.75, 3.05) is 25.0 Å². The summed E-state index contributed by atoms with van der Waals surface area (Å²) >= 11 is 3.50. The van der Waals surface area contributed by atoms with Crippen molar-refractivity contribution in [3.05, 3.63) is 28.2 Å². The van der Waals surface area contributed by atoms with Crippen LogP contribution < -0.4 is 4.90 Å². The van der Waals surface area contributed by atoms with Crippen molar-refractivity contribution in [2.45, 2.75) is 33.1 Å². The van der Waals surface area contributed by atoms with E-state index in [9.17, 15) is 9.59 Å². The van der Waals surface area contributed by atoms with Crippen LogP contribution in [0.1, 0.15) is 31.7 Å². The lowest BCUT2D eigenvalue weighted by atomic mass is 10.1. The Morgan fingerprint density at radius 2 is 2.18 bits per heavy atom. The van der Waals surface area contributed by atoms with Gasteiger partial charge in [-0.1, -0.05) is 35.3 Å². The molecule has 0 spiro atoms. The Morgan fingerprint density at radius 3 is 2.82 bits per heavy atom. The van der Waals surface area contributed by atoms with Crippen molar-refractivity contribution in [1.29, 1.82) is 0 Å². The molecule has 1 heterocycles. The SMILES string of the molecule is CCCCN(C)C(=O)C1CC(=O)N(c2ccc(C)c(Br)c2)C1. The van der Waals surface area contributed by atoms with E-state index >= 15 is 0 Å². The molecule has 1 unspecified atom stereocenters. The molecule has 1 aliphatic heterocycles. The first-order valence-electron chi connectivity index (χ1n) is 7.75. The molecule has 0 saturated carbocycles. The fourth-order valence-corrected chi connectivity index (χ4v) is 3.06. The van der Waals surface area contributed by atoms with E-state index in [2.05, 4.69) is 22.9 Å². The molecular formula is C17H23BrN2O2. The second-order valence-corrected chi connectivity index (χ2v) is 6.81. The lowest BCUT2D eigenvalue weighted by Gasteiger charge is -2.21. The molecule has 1 aromatic carbocycles. The first kappa shape index (κ1) is 17.0. The normalized spacial score (nSPS) is 17.9. The van der Waals surface area contributed by atoms with Gasteiger partial charge in [-0.2, -0.15) is 0 Å². The molecule has 22 heavy (non-hydrogen) atoms. The standard InChI is InChI=1S/C17H23BrN2O2/c1-4-5-8-19(3)17(22)13-9-16(21)20(11-13)14-7-6-12(2)15(18)10-14/h6-7,10,13H,4-5,8-9,11H2,1-3H3. The molecular weight excluding hydrogens is 344 g/mol. The van der Waals surface area contributed by atoms with Gasteiger partial charge in [0, 0.05) is 36.7 Å². The highest BCUT2D eigenvalue weighted by atomic mass is 79.9. The van der Waals surface area contributed by atoms with Gasteiger partial charge in [-0.05, 0) is 31.0 Å². The predicted molar refractivity (Wildman–Crippen MR) is 91.9 cm³/mol. The van der Waals surface area contributed by atoms with E-state index in [-0.39, 0.29) is 17.7 Å². The first-order chi connectivity index (χ1) is 10.4. The zero-order valence-corrected chi connectivity index (χ0v) is 15.0. The van der Waals surface area contributed by atoms with Gasteiger partial charge in [0.2, 0.25) is 11.8 Å². The molecule has 1 aromatic rings. The topological polar surface area (TPSA) is 40.6 Å². The van der Waals surface area contributed by atoms with E-state index < -0.39 is 0 Å². The van der Waals surface area contributed by atoms with Gasteiger partial charge >= 0.3 is 0 Å². The molecule has 1 aliphatic rings. The number of aryl methyl sites for hydroxylation is 1. The van der Waals surface area contributed by atoms with E-state index in [0.717, 1.165) is 35.1 Å². The molecule has 120 valence electrons. The minimum absolute atomic E-state index is 0.0259. The molecule has 2 amide bonds. The molecule has 1 fully saturated rings. The van der Waals surface area contributed by atoms with E-state index in [4.69, 9.17) is 0 Å². The quantitative estimate of drug-likeness (QED) is 0.801. The largest absolute Gasteiger partial charge is 0.345 e. The van der Waals surface area contributed by atoms with Gasteiger partial charge in [-0.25, -0.2) is 0 Å². The van der Waals surface area contributed by atoms with Gasteiger partial charge in [0.25, 0.3) is 0 Å². The van der Waals surface area contributed by atoms with Crippen LogP contribution in [0.3, 0.4) is 0 Å². The van der Waals surface area contributed by atoms with Crippen LogP contribution in [0.15, 0.2) is 22.7 Å². The van der Waals surface area contributed by atoms with Crippen molar-refractivity contribution in [3.8, 4) is 0 Å². The highest BCUT2D eigenvalue weighted by molar-refractivity contribution is 9.10. The Bertz CT molecular complexity index is 574. The van der Waals surface area contributed by atoms with E-state index in [0.29, 0.717) is 13.0 Å². The number of unbranched alkanes of at least 4 members (excludes halogenated alkanes) is 1. The van der Waals surface area contributed by atoms with Crippen LogP contribution in [0.4, 0.5) is 5.69 Å². The number of rotatable bonds is 5. The summed E-state index contributed by atoms with van der Waals surface area (Å²) in [4.78, 5) is 28.2. The lowest BCUT2D eigenvalue weighted by molar-refractivity contribution is -0.134. The maximum Gasteiger partial charge on any atom is 0.227 e. The molecule has 2 rings (SSSR count). The summed E-state index contributed by atoms with van der Waals surface area (Å²) in [5.41, 5.74) is 1.98. The van der Waals surface area contributed by atoms with E-state index in [1.165, 1.54) is 0 Å². The lowest BCUT2D eigenvalue weighted by Crippen LogP contribution is -2.35. The summed E-state index contributed by atoms with van der Waals surface area (Å²) in [5.74, 6) is -0.122. The van der Waals surface area contributed by atoms with Crippen LogP contribution >= 0.6 is 15.9 Å². The molecule has 1 atom stereocenters. The Kier molecular flexibility index (Phi) is 5.62. The molecule has 5 heteroatoms. The number of halogens is 1. The van der Waals surface area contributed by atoms with Crippen LogP contribution in [-0.4, -0.2) is 36.9 Å². The molecule has 0 aliphatic carbocycles.